The van der Waals surface area contributed by atoms with Crippen molar-refractivity contribution in [1.82, 2.24) is 9.29 Å². The van der Waals surface area contributed by atoms with Crippen LogP contribution in [0.4, 0.5) is 0 Å². The molecule has 1 aromatic heterocycles. The van der Waals surface area contributed by atoms with E-state index in [1.165, 1.54) is 12.8 Å². The molecule has 1 aromatic rings. The Hall–Kier alpha value is -0.850. The van der Waals surface area contributed by atoms with Crippen LogP contribution in [0.5, 0.6) is 0 Å². The normalized spacial score (nSPS) is 21.0. The van der Waals surface area contributed by atoms with Crippen LogP contribution in [0.25, 0.3) is 0 Å². The van der Waals surface area contributed by atoms with Crippen LogP contribution in [-0.2, 0) is 16.6 Å². The average molecular weight is 312 g/mol. The third-order valence-electron chi connectivity index (χ3n) is 4.89. The lowest BCUT2D eigenvalue weighted by atomic mass is 10.0. The van der Waals surface area contributed by atoms with Crippen LogP contribution in [0.2, 0.25) is 0 Å². The molecule has 0 aliphatic heterocycles. The van der Waals surface area contributed by atoms with Crippen molar-refractivity contribution in [2.45, 2.75) is 57.1 Å². The minimum Gasteiger partial charge on any atom is -0.390 e. The third-order valence-corrected chi connectivity index (χ3v) is 6.25. The third kappa shape index (κ3) is 2.89. The maximum Gasteiger partial charge on any atom is 0.242 e. The fraction of sp³-hybridized carbons (Fsp3) is 0.733. The van der Waals surface area contributed by atoms with Gasteiger partial charge in [-0.3, -0.25) is 0 Å². The summed E-state index contributed by atoms with van der Waals surface area (Å²) in [6.07, 6.45) is 6.42. The van der Waals surface area contributed by atoms with Crippen LogP contribution >= 0.6 is 0 Å². The van der Waals surface area contributed by atoms with Crippen LogP contribution in [0.15, 0.2) is 17.2 Å². The lowest BCUT2D eigenvalue weighted by Gasteiger charge is -2.14. The van der Waals surface area contributed by atoms with Crippen LogP contribution in [0.3, 0.4) is 0 Å². The molecular formula is C15H24N2O3S. The zero-order valence-corrected chi connectivity index (χ0v) is 13.5. The molecule has 0 saturated heterocycles. The first kappa shape index (κ1) is 15.1. The Balaban J connectivity index is 1.75. The quantitative estimate of drug-likeness (QED) is 0.809. The highest BCUT2D eigenvalue weighted by Crippen LogP contribution is 2.60. The predicted molar refractivity (Wildman–Crippen MR) is 80.3 cm³/mol. The molecule has 118 valence electrons. The first-order valence-corrected chi connectivity index (χ1v) is 9.17. The second-order valence-electron chi connectivity index (χ2n) is 6.79. The maximum atomic E-state index is 12.4. The standard InChI is InChI=1S/C15H24N2O3S/c1-11(2)17-8-14(7-13(17)9-18)21(19,20)16-10-15(5-6-15)12-3-4-12/h7-8,11-12,16,18H,3-6,9-10H2,1-2H3. The average Bonchev–Trinajstić information content (AvgIpc) is 3.32. The summed E-state index contributed by atoms with van der Waals surface area (Å²) in [5.74, 6) is 0.730. The Kier molecular flexibility index (Phi) is 3.66. The zero-order valence-electron chi connectivity index (χ0n) is 12.7. The van der Waals surface area contributed by atoms with E-state index in [-0.39, 0.29) is 23.0 Å². The van der Waals surface area contributed by atoms with Gasteiger partial charge in [0.15, 0.2) is 0 Å². The van der Waals surface area contributed by atoms with Crippen molar-refractivity contribution in [2.24, 2.45) is 11.3 Å². The van der Waals surface area contributed by atoms with Gasteiger partial charge in [-0.15, -0.1) is 0 Å². The van der Waals surface area contributed by atoms with Crippen molar-refractivity contribution in [3.63, 3.8) is 0 Å². The van der Waals surface area contributed by atoms with Crippen molar-refractivity contribution in [3.8, 4) is 0 Å². The van der Waals surface area contributed by atoms with Gasteiger partial charge in [-0.2, -0.15) is 0 Å². The van der Waals surface area contributed by atoms with Crippen LogP contribution in [0.1, 0.15) is 51.3 Å². The van der Waals surface area contributed by atoms with E-state index in [2.05, 4.69) is 4.72 Å². The first-order valence-electron chi connectivity index (χ1n) is 7.69. The number of nitrogens with zero attached hydrogens (tertiary/aromatic N) is 1. The summed E-state index contributed by atoms with van der Waals surface area (Å²) in [5.41, 5.74) is 0.877. The predicted octanol–water partition coefficient (Wildman–Crippen LogP) is 2.03. The highest BCUT2D eigenvalue weighted by molar-refractivity contribution is 7.89. The summed E-state index contributed by atoms with van der Waals surface area (Å²) in [5, 5.41) is 9.36. The molecule has 0 radical (unpaired) electrons. The van der Waals surface area contributed by atoms with Crippen LogP contribution in [-0.4, -0.2) is 24.6 Å². The van der Waals surface area contributed by atoms with Gasteiger partial charge < -0.3 is 9.67 Å². The van der Waals surface area contributed by atoms with Crippen molar-refractivity contribution in [1.29, 1.82) is 0 Å². The van der Waals surface area contributed by atoms with Crippen molar-refractivity contribution in [2.75, 3.05) is 6.54 Å². The summed E-state index contributed by atoms with van der Waals surface area (Å²) < 4.78 is 29.5. The highest BCUT2D eigenvalue weighted by atomic mass is 32.2. The molecule has 0 bridgehead atoms. The molecule has 21 heavy (non-hydrogen) atoms. The molecule has 1 heterocycles. The lowest BCUT2D eigenvalue weighted by molar-refractivity contribution is 0.268. The Morgan fingerprint density at radius 2 is 2.10 bits per heavy atom. The number of hydrogen-bond donors (Lipinski definition) is 2. The first-order chi connectivity index (χ1) is 9.88. The second kappa shape index (κ2) is 5.11. The van der Waals surface area contributed by atoms with Crippen LogP contribution < -0.4 is 4.72 Å². The summed E-state index contributed by atoms with van der Waals surface area (Å²) >= 11 is 0. The van der Waals surface area contributed by atoms with Gasteiger partial charge in [0.2, 0.25) is 10.0 Å². The van der Waals surface area contributed by atoms with E-state index in [1.54, 1.807) is 12.3 Å². The van der Waals surface area contributed by atoms with E-state index in [1.807, 2.05) is 18.4 Å². The van der Waals surface area contributed by atoms with Gasteiger partial charge in [-0.1, -0.05) is 0 Å². The molecular weight excluding hydrogens is 288 g/mol. The van der Waals surface area contributed by atoms with Gasteiger partial charge in [0, 0.05) is 24.5 Å². The highest BCUT2D eigenvalue weighted by Gasteiger charge is 2.53. The van der Waals surface area contributed by atoms with E-state index >= 15 is 0 Å². The minimum atomic E-state index is -3.49. The molecule has 5 nitrogen and oxygen atoms in total. The SMILES string of the molecule is CC(C)n1cc(S(=O)(=O)NCC2(C3CC3)CC2)cc1CO. The van der Waals surface area contributed by atoms with Crippen molar-refractivity contribution >= 4 is 10.0 Å². The minimum absolute atomic E-state index is 0.123. The monoisotopic (exact) mass is 312 g/mol. The topological polar surface area (TPSA) is 71.3 Å². The van der Waals surface area contributed by atoms with Gasteiger partial charge in [-0.25, -0.2) is 13.1 Å². The molecule has 2 N–H and O–H groups in total. The van der Waals surface area contributed by atoms with Gasteiger partial charge in [0.1, 0.15) is 0 Å². The van der Waals surface area contributed by atoms with Gasteiger partial charge >= 0.3 is 0 Å². The fourth-order valence-electron chi connectivity index (χ4n) is 3.16. The summed E-state index contributed by atoms with van der Waals surface area (Å²) in [6.45, 7) is 4.34. The molecule has 0 atom stereocenters. The largest absolute Gasteiger partial charge is 0.390 e. The number of sulfonamides is 1. The molecule has 0 amide bonds. The molecule has 0 unspecified atom stereocenters. The zero-order chi connectivity index (χ0) is 15.3. The summed E-state index contributed by atoms with van der Waals surface area (Å²) in [6, 6.07) is 1.69. The molecule has 2 fully saturated rings. The van der Waals surface area contributed by atoms with Gasteiger partial charge in [0.25, 0.3) is 0 Å². The molecule has 2 aliphatic carbocycles. The molecule has 0 spiro atoms. The van der Waals surface area contributed by atoms with Crippen molar-refractivity contribution < 1.29 is 13.5 Å². The number of aliphatic hydroxyl groups is 1. The smallest absolute Gasteiger partial charge is 0.242 e. The number of hydrogen-bond acceptors (Lipinski definition) is 3. The molecule has 6 heteroatoms. The number of rotatable bonds is 7. The molecule has 3 rings (SSSR count). The number of aromatic nitrogens is 1. The Labute approximate surface area is 126 Å². The second-order valence-corrected chi connectivity index (χ2v) is 8.55. The van der Waals surface area contributed by atoms with E-state index in [0.717, 1.165) is 18.8 Å². The Morgan fingerprint density at radius 3 is 2.52 bits per heavy atom. The van der Waals surface area contributed by atoms with Gasteiger partial charge in [-0.05, 0) is 56.9 Å². The molecule has 2 saturated carbocycles. The fourth-order valence-corrected chi connectivity index (χ4v) is 4.35. The van der Waals surface area contributed by atoms with Gasteiger partial charge in [0.05, 0.1) is 11.5 Å². The van der Waals surface area contributed by atoms with E-state index in [9.17, 15) is 13.5 Å². The van der Waals surface area contributed by atoms with Crippen LogP contribution in [0, 0.1) is 11.3 Å². The number of nitrogens with one attached hydrogen (secondary N) is 1. The molecule has 0 aromatic carbocycles. The maximum absolute atomic E-state index is 12.4. The Morgan fingerprint density at radius 1 is 1.43 bits per heavy atom. The van der Waals surface area contributed by atoms with E-state index in [0.29, 0.717) is 12.2 Å². The van der Waals surface area contributed by atoms with E-state index in [4.69, 9.17) is 0 Å². The molecule has 2 aliphatic rings. The lowest BCUT2D eigenvalue weighted by Crippen LogP contribution is -2.31. The van der Waals surface area contributed by atoms with Crippen molar-refractivity contribution in [3.05, 3.63) is 18.0 Å². The summed E-state index contributed by atoms with van der Waals surface area (Å²) in [7, 11) is -3.49. The van der Waals surface area contributed by atoms with E-state index < -0.39 is 10.0 Å². The number of aliphatic hydroxyl groups excluding tert-OH is 1. The summed E-state index contributed by atoms with van der Waals surface area (Å²) in [4.78, 5) is 0.256. The Bertz CT molecular complexity index is 625.